The van der Waals surface area contributed by atoms with E-state index in [0.29, 0.717) is 28.1 Å². The Morgan fingerprint density at radius 2 is 2.04 bits per heavy atom. The van der Waals surface area contributed by atoms with Crippen molar-refractivity contribution < 1.29 is 18.9 Å². The molecule has 0 atom stereocenters. The summed E-state index contributed by atoms with van der Waals surface area (Å²) in [6.07, 6.45) is 2.68. The van der Waals surface area contributed by atoms with E-state index in [1.54, 1.807) is 18.3 Å². The van der Waals surface area contributed by atoms with Crippen LogP contribution in [0, 0.1) is 10.1 Å². The molecular formula is C16H13N5O5S. The summed E-state index contributed by atoms with van der Waals surface area (Å²) in [5.41, 5.74) is 1.50. The summed E-state index contributed by atoms with van der Waals surface area (Å²) in [6.45, 7) is -0.0427. The second-order valence-corrected chi connectivity index (χ2v) is 5.88. The number of hydrogen-bond donors (Lipinski definition) is 1. The molecule has 2 heterocycles. The third-order valence-electron chi connectivity index (χ3n) is 3.33. The molecule has 0 fully saturated rings. The molecule has 3 aromatic rings. The Hall–Kier alpha value is -3.47. The summed E-state index contributed by atoms with van der Waals surface area (Å²) in [4.78, 5) is 26.1. The summed E-state index contributed by atoms with van der Waals surface area (Å²) in [6, 6.07) is 8.82. The van der Waals surface area contributed by atoms with E-state index in [1.165, 1.54) is 36.0 Å². The van der Waals surface area contributed by atoms with Gasteiger partial charge in [-0.2, -0.15) is 0 Å². The van der Waals surface area contributed by atoms with Crippen LogP contribution in [0.25, 0.3) is 11.5 Å². The van der Waals surface area contributed by atoms with E-state index in [2.05, 4.69) is 20.5 Å². The van der Waals surface area contributed by atoms with E-state index in [4.69, 9.17) is 9.15 Å². The zero-order valence-electron chi connectivity index (χ0n) is 14.0. The third kappa shape index (κ3) is 4.79. The average Bonchev–Trinajstić information content (AvgIpc) is 3.16. The number of nitro groups is 1. The number of pyridine rings is 1. The van der Waals surface area contributed by atoms with Gasteiger partial charge in [0.05, 0.1) is 16.2 Å². The Morgan fingerprint density at radius 1 is 1.26 bits per heavy atom. The summed E-state index contributed by atoms with van der Waals surface area (Å²) in [5.74, 6) is 0.357. The molecule has 138 valence electrons. The topological polar surface area (TPSA) is 133 Å². The first-order chi connectivity index (χ1) is 13.0. The monoisotopic (exact) mass is 387 g/mol. The highest BCUT2D eigenvalue weighted by Gasteiger charge is 2.10. The number of nitrogens with one attached hydrogen (secondary N) is 1. The number of rotatable bonds is 6. The van der Waals surface area contributed by atoms with Crippen LogP contribution in [0.5, 0.6) is 0 Å². The number of benzene rings is 1. The molecule has 1 N–H and O–H groups in total. The maximum atomic E-state index is 11.8. The van der Waals surface area contributed by atoms with Crippen LogP contribution >= 0.6 is 11.8 Å². The fraction of sp³-hybridized carbons (Fsp3) is 0.125. The molecule has 0 aliphatic rings. The molecule has 0 bridgehead atoms. The van der Waals surface area contributed by atoms with Gasteiger partial charge in [0.15, 0.2) is 0 Å². The molecule has 11 heteroatoms. The molecule has 10 nitrogen and oxygen atoms in total. The van der Waals surface area contributed by atoms with E-state index in [0.717, 1.165) is 0 Å². The fourth-order valence-electron chi connectivity index (χ4n) is 2.01. The van der Waals surface area contributed by atoms with E-state index in [1.807, 2.05) is 6.26 Å². The van der Waals surface area contributed by atoms with Crippen molar-refractivity contribution in [2.45, 2.75) is 11.8 Å². The number of hydrogen-bond acceptors (Lipinski definition) is 9. The molecule has 0 aliphatic carbocycles. The van der Waals surface area contributed by atoms with Gasteiger partial charge in [0, 0.05) is 24.0 Å². The average molecular weight is 387 g/mol. The molecule has 1 aromatic carbocycles. The number of aromatic nitrogens is 3. The zero-order valence-corrected chi connectivity index (χ0v) is 14.8. The van der Waals surface area contributed by atoms with Gasteiger partial charge in [-0.25, -0.2) is 4.79 Å². The van der Waals surface area contributed by atoms with Crippen molar-refractivity contribution in [2.75, 3.05) is 11.6 Å². The first-order valence-corrected chi connectivity index (χ1v) is 8.78. The van der Waals surface area contributed by atoms with E-state index >= 15 is 0 Å². The maximum Gasteiger partial charge on any atom is 0.412 e. The minimum Gasteiger partial charge on any atom is -0.443 e. The van der Waals surface area contributed by atoms with Crippen molar-refractivity contribution in [2.24, 2.45) is 0 Å². The first kappa shape index (κ1) is 18.3. The lowest BCUT2D eigenvalue weighted by Crippen LogP contribution is -2.13. The largest absolute Gasteiger partial charge is 0.443 e. The van der Waals surface area contributed by atoms with Crippen LogP contribution in [0.3, 0.4) is 0 Å². The van der Waals surface area contributed by atoms with Crippen LogP contribution in [-0.4, -0.2) is 32.5 Å². The van der Waals surface area contributed by atoms with Crippen LogP contribution in [0.2, 0.25) is 0 Å². The fourth-order valence-corrected chi connectivity index (χ4v) is 2.29. The molecule has 0 saturated heterocycles. The van der Waals surface area contributed by atoms with Crippen LogP contribution in [-0.2, 0) is 11.3 Å². The normalized spacial score (nSPS) is 10.4. The summed E-state index contributed by atoms with van der Waals surface area (Å²) in [5, 5.41) is 21.3. The van der Waals surface area contributed by atoms with Crippen LogP contribution in [0.1, 0.15) is 5.69 Å². The van der Waals surface area contributed by atoms with Gasteiger partial charge in [-0.3, -0.25) is 20.4 Å². The summed E-state index contributed by atoms with van der Waals surface area (Å²) >= 11 is 1.34. The van der Waals surface area contributed by atoms with Crippen LogP contribution in [0.4, 0.5) is 16.2 Å². The van der Waals surface area contributed by atoms with Gasteiger partial charge in [0.2, 0.25) is 5.89 Å². The maximum absolute atomic E-state index is 11.8. The number of amides is 1. The molecule has 27 heavy (non-hydrogen) atoms. The molecule has 0 radical (unpaired) electrons. The van der Waals surface area contributed by atoms with Crippen LogP contribution < -0.4 is 5.32 Å². The standard InChI is InChI=1S/C16H13N5O5S/c1-27-16-20-19-14(26-16)10-2-3-12(17-8-10)9-25-15(22)18-11-4-6-13(7-5-11)21(23)24/h2-8H,9H2,1H3,(H,18,22). The molecule has 0 spiro atoms. The van der Waals surface area contributed by atoms with Crippen molar-refractivity contribution in [3.63, 3.8) is 0 Å². The molecule has 0 unspecified atom stereocenters. The first-order valence-electron chi connectivity index (χ1n) is 7.56. The van der Waals surface area contributed by atoms with Gasteiger partial charge in [0.25, 0.3) is 10.9 Å². The molecule has 2 aromatic heterocycles. The Bertz CT molecular complexity index is 943. The van der Waals surface area contributed by atoms with Crippen LogP contribution in [0.15, 0.2) is 52.2 Å². The lowest BCUT2D eigenvalue weighted by molar-refractivity contribution is -0.384. The highest BCUT2D eigenvalue weighted by Crippen LogP contribution is 2.21. The number of non-ortho nitro benzene ring substituents is 1. The highest BCUT2D eigenvalue weighted by atomic mass is 32.2. The molecule has 0 saturated carbocycles. The molecular weight excluding hydrogens is 374 g/mol. The summed E-state index contributed by atoms with van der Waals surface area (Å²) < 4.78 is 10.5. The third-order valence-corrected chi connectivity index (χ3v) is 3.84. The Balaban J connectivity index is 1.53. The number of ether oxygens (including phenoxy) is 1. The van der Waals surface area contributed by atoms with Gasteiger partial charge in [-0.1, -0.05) is 11.8 Å². The van der Waals surface area contributed by atoms with Crippen molar-refractivity contribution in [3.05, 3.63) is 58.4 Å². The number of anilines is 1. The van der Waals surface area contributed by atoms with Crippen molar-refractivity contribution in [1.82, 2.24) is 15.2 Å². The van der Waals surface area contributed by atoms with Gasteiger partial charge in [-0.15, -0.1) is 10.2 Å². The number of nitrogens with zero attached hydrogens (tertiary/aromatic N) is 4. The molecule has 0 aliphatic heterocycles. The Kier molecular flexibility index (Phi) is 5.61. The minimum atomic E-state index is -0.698. The Morgan fingerprint density at radius 3 is 2.63 bits per heavy atom. The lowest BCUT2D eigenvalue weighted by Gasteiger charge is -2.06. The number of carbonyl (C=O) groups is 1. The van der Waals surface area contributed by atoms with Crippen molar-refractivity contribution in [3.8, 4) is 11.5 Å². The summed E-state index contributed by atoms with van der Waals surface area (Å²) in [7, 11) is 0. The van der Waals surface area contributed by atoms with Gasteiger partial charge in [-0.05, 0) is 30.5 Å². The van der Waals surface area contributed by atoms with E-state index < -0.39 is 11.0 Å². The predicted molar refractivity (Wildman–Crippen MR) is 96.2 cm³/mol. The van der Waals surface area contributed by atoms with E-state index in [-0.39, 0.29) is 12.3 Å². The van der Waals surface area contributed by atoms with Gasteiger partial charge < -0.3 is 9.15 Å². The number of nitro benzene ring substituents is 1. The van der Waals surface area contributed by atoms with Gasteiger partial charge >= 0.3 is 6.09 Å². The Labute approximate surface area is 157 Å². The zero-order chi connectivity index (χ0) is 19.2. The molecule has 3 rings (SSSR count). The second kappa shape index (κ2) is 8.27. The van der Waals surface area contributed by atoms with Gasteiger partial charge in [0.1, 0.15) is 6.61 Å². The minimum absolute atomic E-state index is 0.0427. The lowest BCUT2D eigenvalue weighted by atomic mass is 10.2. The van der Waals surface area contributed by atoms with Crippen molar-refractivity contribution >= 4 is 29.2 Å². The predicted octanol–water partition coefficient (Wildman–Crippen LogP) is 3.51. The van der Waals surface area contributed by atoms with E-state index in [9.17, 15) is 14.9 Å². The smallest absolute Gasteiger partial charge is 0.412 e. The number of thioether (sulfide) groups is 1. The molecule has 1 amide bonds. The van der Waals surface area contributed by atoms with Crippen molar-refractivity contribution in [1.29, 1.82) is 0 Å². The SMILES string of the molecule is CSc1nnc(-c2ccc(COC(=O)Nc3ccc([N+](=O)[O-])cc3)nc2)o1. The second-order valence-electron chi connectivity index (χ2n) is 5.12. The highest BCUT2D eigenvalue weighted by molar-refractivity contribution is 7.98. The quantitative estimate of drug-likeness (QED) is 0.383. The number of carbonyl (C=O) groups excluding carboxylic acids is 1.